The molecule has 0 spiro atoms. The third-order valence-corrected chi connectivity index (χ3v) is 1.16. The van der Waals surface area contributed by atoms with Crippen LogP contribution in [0.2, 0.25) is 0 Å². The van der Waals surface area contributed by atoms with Crippen molar-refractivity contribution in [1.29, 1.82) is 0 Å². The lowest BCUT2D eigenvalue weighted by Crippen LogP contribution is -2.54. The molecule has 0 aromatic carbocycles. The zero-order valence-corrected chi connectivity index (χ0v) is 7.07. The van der Waals surface area contributed by atoms with Gasteiger partial charge in [-0.2, -0.15) is 48.3 Å². The van der Waals surface area contributed by atoms with Gasteiger partial charge in [0.2, 0.25) is 0 Å². The smallest absolute Gasteiger partial charge is 0.264 e. The average molecular weight is 285 g/mol. The highest BCUT2D eigenvalue weighted by molar-refractivity contribution is 4.88. The van der Waals surface area contributed by atoms with Crippen molar-refractivity contribution in [3.63, 3.8) is 0 Å². The first-order valence-corrected chi connectivity index (χ1v) is 3.24. The lowest BCUT2D eigenvalue weighted by Gasteiger charge is -2.28. The van der Waals surface area contributed by atoms with Gasteiger partial charge in [-0.1, -0.05) is 0 Å². The maximum Gasteiger partial charge on any atom is 0.462 e. The van der Waals surface area contributed by atoms with Crippen molar-refractivity contribution in [2.45, 2.75) is 24.4 Å². The van der Waals surface area contributed by atoms with Gasteiger partial charge in [0, 0.05) is 0 Å². The fraction of sp³-hybridized carbons (Fsp3) is 0.800. The van der Waals surface area contributed by atoms with E-state index < -0.39 is 30.7 Å². The summed E-state index contributed by atoms with van der Waals surface area (Å²) in [6.07, 6.45) is -24.0. The fourth-order valence-corrected chi connectivity index (χ4v) is 0.400. The topological polar surface area (TPSA) is 9.23 Å². The molecule has 0 aliphatic rings. The van der Waals surface area contributed by atoms with E-state index in [1.165, 1.54) is 0 Å². The Hall–Kier alpha value is -0.810. The van der Waals surface area contributed by atoms with Gasteiger partial charge >= 0.3 is 30.7 Å². The summed E-state index contributed by atoms with van der Waals surface area (Å²) in [7, 11) is 0. The van der Waals surface area contributed by atoms with Crippen LogP contribution in [0.5, 0.6) is 0 Å². The van der Waals surface area contributed by atoms with Gasteiger partial charge in [0.15, 0.2) is 0 Å². The van der Waals surface area contributed by atoms with Crippen LogP contribution in [-0.2, 0) is 4.74 Å². The molecular weight excluding hydrogens is 285 g/mol. The van der Waals surface area contributed by atoms with E-state index >= 15 is 0 Å². The summed E-state index contributed by atoms with van der Waals surface area (Å²) in [5.74, 6) is -6.98. The Kier molecular flexibility index (Phi) is 3.94. The molecule has 0 rings (SSSR count). The van der Waals surface area contributed by atoms with Crippen molar-refractivity contribution >= 4 is 0 Å². The minimum Gasteiger partial charge on any atom is -0.264 e. The molecule has 0 saturated heterocycles. The van der Waals surface area contributed by atoms with Crippen molar-refractivity contribution in [2.24, 2.45) is 0 Å². The number of alkyl halides is 10. The molecule has 0 aromatic rings. The van der Waals surface area contributed by atoms with Crippen LogP contribution < -0.4 is 0 Å². The summed E-state index contributed by atoms with van der Waals surface area (Å²) in [6, 6.07) is 0. The Balaban J connectivity index is 5.04. The molecule has 0 heterocycles. The molecule has 0 aliphatic carbocycles. The van der Waals surface area contributed by atoms with E-state index in [-0.39, 0.29) is 0 Å². The molecule has 17 heavy (non-hydrogen) atoms. The largest absolute Gasteiger partial charge is 0.462 e. The van der Waals surface area contributed by atoms with E-state index in [9.17, 15) is 48.3 Å². The quantitative estimate of drug-likeness (QED) is 0.716. The first kappa shape index (κ1) is 16.2. The average Bonchev–Trinajstić information content (AvgIpc) is 1.98. The molecule has 0 aromatic heterocycles. The number of hydrogen-bond donors (Lipinski definition) is 0. The van der Waals surface area contributed by atoms with Gasteiger partial charge in [-0.05, 0) is 0 Å². The minimum absolute atomic E-state index is 1.72. The van der Waals surface area contributed by atoms with Crippen molar-refractivity contribution in [1.82, 2.24) is 0 Å². The van der Waals surface area contributed by atoms with Crippen LogP contribution in [0.3, 0.4) is 0 Å². The number of rotatable bonds is 3. The highest BCUT2D eigenvalue weighted by Crippen LogP contribution is 2.49. The number of hydrogen-bond acceptors (Lipinski definition) is 1. The molecule has 103 valence electrons. The molecule has 0 fully saturated rings. The molecular formula is C5F11O. The van der Waals surface area contributed by atoms with Gasteiger partial charge in [-0.25, -0.2) is 0 Å². The van der Waals surface area contributed by atoms with Crippen molar-refractivity contribution < 1.29 is 53.0 Å². The summed E-state index contributed by atoms with van der Waals surface area (Å²) in [5.41, 5.74) is 0. The third kappa shape index (κ3) is 3.33. The predicted octanol–water partition coefficient (Wildman–Crippen LogP) is 3.81. The molecule has 0 amide bonds. The zero-order chi connectivity index (χ0) is 14.3. The van der Waals surface area contributed by atoms with Gasteiger partial charge in [0.1, 0.15) is 0 Å². The second-order valence-electron chi connectivity index (χ2n) is 2.46. The standard InChI is InChI=1S/C5F11O/c6-1(2(7,8)9)17-5(15,16)3(10,11)4(12,13)14. The van der Waals surface area contributed by atoms with Crippen LogP contribution in [0, 0.1) is 6.36 Å². The van der Waals surface area contributed by atoms with Crippen molar-refractivity contribution in [3.8, 4) is 0 Å². The summed E-state index contributed by atoms with van der Waals surface area (Å²) in [5, 5.41) is 0. The SMILES string of the molecule is F[C](OC(F)(F)C(F)(F)C(F)(F)F)C(F)(F)F. The van der Waals surface area contributed by atoms with Crippen molar-refractivity contribution in [3.05, 3.63) is 6.36 Å². The highest BCUT2D eigenvalue weighted by atomic mass is 19.4. The van der Waals surface area contributed by atoms with Crippen LogP contribution >= 0.6 is 0 Å². The molecule has 0 atom stereocenters. The van der Waals surface area contributed by atoms with E-state index in [0.29, 0.717) is 0 Å². The van der Waals surface area contributed by atoms with Gasteiger partial charge in [0.05, 0.1) is 0 Å². The Morgan fingerprint density at radius 2 is 1.06 bits per heavy atom. The Morgan fingerprint density at radius 1 is 0.706 bits per heavy atom. The van der Waals surface area contributed by atoms with E-state index in [1.807, 2.05) is 0 Å². The van der Waals surface area contributed by atoms with Crippen LogP contribution in [0.1, 0.15) is 0 Å². The summed E-state index contributed by atoms with van der Waals surface area (Å²) in [6.45, 7) is 0. The van der Waals surface area contributed by atoms with Crippen LogP contribution in [0.4, 0.5) is 48.3 Å². The monoisotopic (exact) mass is 285 g/mol. The molecule has 12 heteroatoms. The van der Waals surface area contributed by atoms with Gasteiger partial charge < -0.3 is 0 Å². The predicted molar refractivity (Wildman–Crippen MR) is 27.4 cm³/mol. The maximum absolute atomic E-state index is 12.0. The van der Waals surface area contributed by atoms with E-state index in [1.54, 1.807) is 4.74 Å². The van der Waals surface area contributed by atoms with Crippen LogP contribution in [0.25, 0.3) is 0 Å². The van der Waals surface area contributed by atoms with Gasteiger partial charge in [-0.3, -0.25) is 4.74 Å². The van der Waals surface area contributed by atoms with E-state index in [0.717, 1.165) is 0 Å². The highest BCUT2D eigenvalue weighted by Gasteiger charge is 2.76. The second kappa shape index (κ2) is 4.14. The maximum atomic E-state index is 12.0. The number of ether oxygens (including phenoxy) is 1. The molecule has 1 nitrogen and oxygen atoms in total. The molecule has 0 saturated carbocycles. The van der Waals surface area contributed by atoms with Crippen molar-refractivity contribution in [2.75, 3.05) is 0 Å². The summed E-state index contributed by atoms with van der Waals surface area (Å²) in [4.78, 5) is 0. The lowest BCUT2D eigenvalue weighted by molar-refractivity contribution is -0.436. The first-order valence-electron chi connectivity index (χ1n) is 3.24. The normalized spacial score (nSPS) is 15.5. The number of halogens is 11. The molecule has 0 aliphatic heterocycles. The van der Waals surface area contributed by atoms with Gasteiger partial charge in [0.25, 0.3) is 0 Å². The zero-order valence-electron chi connectivity index (χ0n) is 7.07. The second-order valence-corrected chi connectivity index (χ2v) is 2.46. The third-order valence-electron chi connectivity index (χ3n) is 1.16. The van der Waals surface area contributed by atoms with Crippen LogP contribution in [-0.4, -0.2) is 24.4 Å². The van der Waals surface area contributed by atoms with E-state index in [4.69, 9.17) is 0 Å². The Morgan fingerprint density at radius 3 is 1.29 bits per heavy atom. The van der Waals surface area contributed by atoms with Crippen LogP contribution in [0.15, 0.2) is 0 Å². The molecule has 1 radical (unpaired) electrons. The summed E-state index contributed by atoms with van der Waals surface area (Å²) < 4.78 is 129. The molecule has 0 N–H and O–H groups in total. The van der Waals surface area contributed by atoms with E-state index in [2.05, 4.69) is 0 Å². The van der Waals surface area contributed by atoms with Gasteiger partial charge in [-0.15, -0.1) is 0 Å². The lowest BCUT2D eigenvalue weighted by atomic mass is 10.3. The fourth-order valence-electron chi connectivity index (χ4n) is 0.400. The Labute approximate surface area is 85.1 Å². The summed E-state index contributed by atoms with van der Waals surface area (Å²) >= 11 is 0. The molecule has 0 bridgehead atoms. The first-order chi connectivity index (χ1) is 7.13. The Bertz CT molecular complexity index is 262. The molecule has 0 unspecified atom stereocenters. The minimum atomic E-state index is -6.98.